The molecule has 1 nitrogen and oxygen atoms in total. The van der Waals surface area contributed by atoms with Crippen molar-refractivity contribution in [3.8, 4) is 11.1 Å². The highest BCUT2D eigenvalue weighted by Gasteiger charge is 2.18. The molecule has 0 amide bonds. The quantitative estimate of drug-likeness (QED) is 0.107. The van der Waals surface area contributed by atoms with Gasteiger partial charge in [0.1, 0.15) is 0 Å². The van der Waals surface area contributed by atoms with Crippen LogP contribution in [0, 0.1) is 0 Å². The molecule has 0 unspecified atom stereocenters. The van der Waals surface area contributed by atoms with E-state index in [-0.39, 0.29) is 0 Å². The van der Waals surface area contributed by atoms with Gasteiger partial charge in [0.25, 0.3) is 0 Å². The Morgan fingerprint density at radius 2 is 1.11 bits per heavy atom. The fraction of sp³-hybridized carbons (Fsp3) is 0. The summed E-state index contributed by atoms with van der Waals surface area (Å²) in [5.41, 5.74) is 7.59. The summed E-state index contributed by atoms with van der Waals surface area (Å²) in [6.07, 6.45) is 10.3. The van der Waals surface area contributed by atoms with Gasteiger partial charge >= 0.3 is 0 Å². The maximum Gasteiger partial charge on any atom is 0.0589 e. The van der Waals surface area contributed by atoms with Crippen molar-refractivity contribution in [1.29, 1.82) is 0 Å². The number of benzene rings is 8. The Bertz CT molecular complexity index is 2990. The lowest BCUT2D eigenvalue weighted by atomic mass is 9.93. The summed E-state index contributed by atoms with van der Waals surface area (Å²) in [6.45, 7) is 13.2. The van der Waals surface area contributed by atoms with Crippen molar-refractivity contribution in [2.75, 3.05) is 4.90 Å². The smallest absolute Gasteiger partial charge is 0.0589 e. The van der Waals surface area contributed by atoms with Gasteiger partial charge in [0.05, 0.1) is 10.6 Å². The van der Waals surface area contributed by atoms with Gasteiger partial charge < -0.3 is 4.90 Å². The third-order valence-electron chi connectivity index (χ3n) is 10.4. The third-order valence-corrected chi connectivity index (χ3v) is 11.7. The minimum absolute atomic E-state index is 0.885. The molecule has 9 rings (SSSR count). The summed E-state index contributed by atoms with van der Waals surface area (Å²) in [4.78, 5) is 3.28. The summed E-state index contributed by atoms with van der Waals surface area (Å²) in [7, 11) is 0. The van der Waals surface area contributed by atoms with Crippen LogP contribution in [0.5, 0.6) is 0 Å². The normalized spacial score (nSPS) is 12.0. The lowest BCUT2D eigenvalue weighted by Gasteiger charge is -2.23. The minimum atomic E-state index is 0.885. The summed E-state index contributed by atoms with van der Waals surface area (Å²) in [5, 5.41) is 11.1. The fourth-order valence-corrected chi connectivity index (χ4v) is 8.99. The molecule has 1 aromatic heterocycles. The Morgan fingerprint density at radius 1 is 0.556 bits per heavy atom. The zero-order chi connectivity index (χ0) is 36.6. The maximum atomic E-state index is 4.71. The first kappa shape index (κ1) is 33.1. The summed E-state index contributed by atoms with van der Waals surface area (Å²) >= 11 is 1.75. The van der Waals surface area contributed by atoms with Gasteiger partial charge in [-0.2, -0.15) is 0 Å². The van der Waals surface area contributed by atoms with Crippen molar-refractivity contribution >= 4 is 87.5 Å². The standard InChI is InChI=1S/C52H37NS/c1-4-36(49-33-38-17-6-8-20-42(38)44-22-10-12-24-46(44)49)19-16-32-53(35(3)52-41(5-2)48-26-14-15-27-51(48)54-52)40-30-28-37(29-31-40)50-34-39-18-7-9-21-43(39)45-23-11-13-25-47(45)50/h4-34H,1-3H2/b32-16+,36-19+. The Hall–Kier alpha value is -6.74. The van der Waals surface area contributed by atoms with Crippen LogP contribution in [0.3, 0.4) is 0 Å². The van der Waals surface area contributed by atoms with Gasteiger partial charge in [-0.15, -0.1) is 11.3 Å². The van der Waals surface area contributed by atoms with E-state index in [0.29, 0.717) is 0 Å². The van der Waals surface area contributed by atoms with Gasteiger partial charge in [-0.05, 0) is 102 Å². The fourth-order valence-electron chi connectivity index (χ4n) is 7.81. The molecule has 2 heteroatoms. The molecule has 9 aromatic rings. The number of thiophene rings is 1. The van der Waals surface area contributed by atoms with Crippen LogP contribution in [0.1, 0.15) is 16.0 Å². The first-order valence-electron chi connectivity index (χ1n) is 18.2. The van der Waals surface area contributed by atoms with Gasteiger partial charge in [0, 0.05) is 27.5 Å². The highest BCUT2D eigenvalue weighted by Crippen LogP contribution is 2.41. The number of hydrogen-bond acceptors (Lipinski definition) is 2. The molecule has 1 heterocycles. The molecule has 0 bridgehead atoms. The molecule has 54 heavy (non-hydrogen) atoms. The molecule has 0 aliphatic carbocycles. The van der Waals surface area contributed by atoms with Gasteiger partial charge in [0.15, 0.2) is 0 Å². The van der Waals surface area contributed by atoms with Crippen LogP contribution in [-0.2, 0) is 0 Å². The Morgan fingerprint density at radius 3 is 1.78 bits per heavy atom. The predicted octanol–water partition coefficient (Wildman–Crippen LogP) is 15.1. The van der Waals surface area contributed by atoms with Gasteiger partial charge in [-0.1, -0.05) is 165 Å². The van der Waals surface area contributed by atoms with E-state index in [9.17, 15) is 0 Å². The van der Waals surface area contributed by atoms with E-state index in [4.69, 9.17) is 6.58 Å². The SMILES string of the molecule is C=C/C(=C\C=C\N(C(=C)c1sc2ccccc2c1C=C)c1ccc(-c2cc3ccccc3c3ccccc23)cc1)c1cc2ccccc2c2ccccc12. The van der Waals surface area contributed by atoms with Gasteiger partial charge in [0.2, 0.25) is 0 Å². The van der Waals surface area contributed by atoms with Crippen molar-refractivity contribution < 1.29 is 0 Å². The first-order chi connectivity index (χ1) is 26.6. The summed E-state index contributed by atoms with van der Waals surface area (Å²) in [5.74, 6) is 0. The van der Waals surface area contributed by atoms with E-state index in [1.54, 1.807) is 11.3 Å². The number of fused-ring (bicyclic) bond motifs is 7. The van der Waals surface area contributed by atoms with Crippen molar-refractivity contribution in [3.05, 3.63) is 218 Å². The minimum Gasteiger partial charge on any atom is -0.316 e. The van der Waals surface area contributed by atoms with Crippen LogP contribution < -0.4 is 4.90 Å². The molecule has 0 saturated carbocycles. The van der Waals surface area contributed by atoms with E-state index in [0.717, 1.165) is 33.0 Å². The predicted molar refractivity (Wildman–Crippen MR) is 239 cm³/mol. The monoisotopic (exact) mass is 707 g/mol. The second-order valence-electron chi connectivity index (χ2n) is 13.5. The molecule has 0 aliphatic rings. The number of rotatable bonds is 9. The van der Waals surface area contributed by atoms with Crippen molar-refractivity contribution in [3.63, 3.8) is 0 Å². The van der Waals surface area contributed by atoms with Crippen LogP contribution in [0.2, 0.25) is 0 Å². The summed E-state index contributed by atoms with van der Waals surface area (Å²) in [6, 6.07) is 56.5. The molecular formula is C52H37NS. The Labute approximate surface area is 320 Å². The van der Waals surface area contributed by atoms with E-state index < -0.39 is 0 Å². The number of hydrogen-bond donors (Lipinski definition) is 0. The largest absolute Gasteiger partial charge is 0.316 e. The summed E-state index contributed by atoms with van der Waals surface area (Å²) < 4.78 is 1.21. The van der Waals surface area contributed by atoms with Crippen molar-refractivity contribution in [2.24, 2.45) is 0 Å². The van der Waals surface area contributed by atoms with E-state index in [2.05, 4.69) is 194 Å². The molecule has 0 atom stereocenters. The van der Waals surface area contributed by atoms with Crippen molar-refractivity contribution in [2.45, 2.75) is 0 Å². The Kier molecular flexibility index (Phi) is 8.59. The topological polar surface area (TPSA) is 3.24 Å². The molecule has 0 aliphatic heterocycles. The Balaban J connectivity index is 1.15. The molecule has 0 N–H and O–H groups in total. The molecule has 0 spiro atoms. The molecular weight excluding hydrogens is 671 g/mol. The molecule has 0 radical (unpaired) electrons. The molecule has 0 fully saturated rings. The molecule has 256 valence electrons. The maximum absolute atomic E-state index is 4.71. The number of anilines is 1. The van der Waals surface area contributed by atoms with E-state index >= 15 is 0 Å². The number of nitrogens with zero attached hydrogens (tertiary/aromatic N) is 1. The lowest BCUT2D eigenvalue weighted by Crippen LogP contribution is -2.13. The number of allylic oxidation sites excluding steroid dienone is 4. The lowest BCUT2D eigenvalue weighted by molar-refractivity contribution is 1.31. The average molecular weight is 708 g/mol. The second-order valence-corrected chi connectivity index (χ2v) is 14.5. The van der Waals surface area contributed by atoms with Crippen LogP contribution in [0.15, 0.2) is 202 Å². The van der Waals surface area contributed by atoms with Crippen LogP contribution >= 0.6 is 11.3 Å². The van der Waals surface area contributed by atoms with E-state index in [1.165, 1.54) is 64.3 Å². The average Bonchev–Trinajstić information content (AvgIpc) is 3.62. The third kappa shape index (κ3) is 5.74. The van der Waals surface area contributed by atoms with Crippen LogP contribution in [0.4, 0.5) is 5.69 Å². The zero-order valence-electron chi connectivity index (χ0n) is 29.9. The van der Waals surface area contributed by atoms with Gasteiger partial charge in [-0.25, -0.2) is 0 Å². The van der Waals surface area contributed by atoms with Crippen LogP contribution in [0.25, 0.3) is 81.6 Å². The highest BCUT2D eigenvalue weighted by molar-refractivity contribution is 7.20. The molecule has 0 saturated heterocycles. The molecule has 8 aromatic carbocycles. The first-order valence-corrected chi connectivity index (χ1v) is 19.0. The van der Waals surface area contributed by atoms with Gasteiger partial charge in [-0.3, -0.25) is 0 Å². The second kappa shape index (κ2) is 14.0. The highest BCUT2D eigenvalue weighted by atomic mass is 32.1. The van der Waals surface area contributed by atoms with Crippen LogP contribution in [-0.4, -0.2) is 0 Å². The zero-order valence-corrected chi connectivity index (χ0v) is 30.7. The van der Waals surface area contributed by atoms with E-state index in [1.807, 2.05) is 12.2 Å². The van der Waals surface area contributed by atoms with Crippen molar-refractivity contribution in [1.82, 2.24) is 0 Å².